The zero-order valence-electron chi connectivity index (χ0n) is 12.2. The van der Waals surface area contributed by atoms with Gasteiger partial charge in [-0.1, -0.05) is 12.1 Å². The summed E-state index contributed by atoms with van der Waals surface area (Å²) in [7, 11) is 1.58. The van der Waals surface area contributed by atoms with Gasteiger partial charge in [-0.25, -0.2) is 0 Å². The standard InChI is InChI=1S/C16H18O6/c1-20-10-4-2-9(3-5-10)8-21-16(19)14-12-7-6-11(22-12)13(14)15(17)18/h2-5,11-14H,6-8H2,1H3,(H,17,18). The van der Waals surface area contributed by atoms with Gasteiger partial charge in [0.15, 0.2) is 0 Å². The first-order valence-corrected chi connectivity index (χ1v) is 7.28. The molecule has 0 radical (unpaired) electrons. The third-order valence-corrected chi connectivity index (χ3v) is 4.37. The lowest BCUT2D eigenvalue weighted by Crippen LogP contribution is -2.39. The molecule has 1 aromatic rings. The molecule has 2 saturated heterocycles. The van der Waals surface area contributed by atoms with Crippen LogP contribution >= 0.6 is 0 Å². The summed E-state index contributed by atoms with van der Waals surface area (Å²) in [5.41, 5.74) is 0.824. The van der Waals surface area contributed by atoms with Crippen LogP contribution in [0.1, 0.15) is 18.4 Å². The molecule has 2 aliphatic rings. The Morgan fingerprint density at radius 3 is 2.41 bits per heavy atom. The van der Waals surface area contributed by atoms with Gasteiger partial charge in [-0.3, -0.25) is 9.59 Å². The van der Waals surface area contributed by atoms with E-state index in [0.29, 0.717) is 6.42 Å². The molecule has 2 fully saturated rings. The number of carboxylic acids is 1. The summed E-state index contributed by atoms with van der Waals surface area (Å²) >= 11 is 0. The molecule has 0 aromatic heterocycles. The number of rotatable bonds is 5. The minimum Gasteiger partial charge on any atom is -0.497 e. The van der Waals surface area contributed by atoms with E-state index >= 15 is 0 Å². The Labute approximate surface area is 128 Å². The molecule has 2 bridgehead atoms. The van der Waals surface area contributed by atoms with Crippen molar-refractivity contribution in [3.63, 3.8) is 0 Å². The molecule has 118 valence electrons. The van der Waals surface area contributed by atoms with Gasteiger partial charge in [0.1, 0.15) is 12.4 Å². The van der Waals surface area contributed by atoms with Crippen molar-refractivity contribution in [1.29, 1.82) is 0 Å². The number of carboxylic acid groups (broad SMARTS) is 1. The maximum atomic E-state index is 12.3. The molecule has 4 unspecified atom stereocenters. The molecule has 22 heavy (non-hydrogen) atoms. The molecular formula is C16H18O6. The minimum absolute atomic E-state index is 0.114. The summed E-state index contributed by atoms with van der Waals surface area (Å²) in [5.74, 6) is -2.24. The van der Waals surface area contributed by atoms with Crippen LogP contribution in [0, 0.1) is 11.8 Å². The van der Waals surface area contributed by atoms with Gasteiger partial charge in [0.05, 0.1) is 31.2 Å². The van der Waals surface area contributed by atoms with Crippen molar-refractivity contribution in [3.05, 3.63) is 29.8 Å². The van der Waals surface area contributed by atoms with Gasteiger partial charge in [0, 0.05) is 0 Å². The van der Waals surface area contributed by atoms with E-state index in [9.17, 15) is 14.7 Å². The summed E-state index contributed by atoms with van der Waals surface area (Å²) in [6, 6.07) is 7.17. The van der Waals surface area contributed by atoms with Gasteiger partial charge >= 0.3 is 11.9 Å². The van der Waals surface area contributed by atoms with E-state index in [-0.39, 0.29) is 18.8 Å². The second-order valence-corrected chi connectivity index (χ2v) is 5.64. The normalized spacial score (nSPS) is 29.3. The number of hydrogen-bond acceptors (Lipinski definition) is 5. The summed E-state index contributed by atoms with van der Waals surface area (Å²) in [5, 5.41) is 9.30. The van der Waals surface area contributed by atoms with Gasteiger partial charge < -0.3 is 19.3 Å². The number of hydrogen-bond donors (Lipinski definition) is 1. The lowest BCUT2D eigenvalue weighted by atomic mass is 9.79. The maximum absolute atomic E-state index is 12.3. The molecule has 6 heteroatoms. The number of carbonyl (C=O) groups is 2. The van der Waals surface area contributed by atoms with Crippen LogP contribution in [0.15, 0.2) is 24.3 Å². The summed E-state index contributed by atoms with van der Waals surface area (Å²) in [6.45, 7) is 0.114. The van der Waals surface area contributed by atoms with E-state index in [4.69, 9.17) is 14.2 Å². The Balaban J connectivity index is 1.62. The number of methoxy groups -OCH3 is 1. The van der Waals surface area contributed by atoms with E-state index < -0.39 is 23.8 Å². The molecule has 0 spiro atoms. The van der Waals surface area contributed by atoms with Crippen molar-refractivity contribution in [2.45, 2.75) is 31.7 Å². The lowest BCUT2D eigenvalue weighted by molar-refractivity contribution is -0.159. The van der Waals surface area contributed by atoms with Crippen LogP contribution in [-0.4, -0.2) is 36.4 Å². The third kappa shape index (κ3) is 2.66. The monoisotopic (exact) mass is 306 g/mol. The van der Waals surface area contributed by atoms with Crippen molar-refractivity contribution in [2.75, 3.05) is 7.11 Å². The lowest BCUT2D eigenvalue weighted by Gasteiger charge is -2.23. The molecular weight excluding hydrogens is 288 g/mol. The molecule has 0 amide bonds. The molecule has 6 nitrogen and oxygen atoms in total. The molecule has 3 rings (SSSR count). The van der Waals surface area contributed by atoms with Crippen molar-refractivity contribution >= 4 is 11.9 Å². The number of ether oxygens (including phenoxy) is 3. The second-order valence-electron chi connectivity index (χ2n) is 5.64. The summed E-state index contributed by atoms with van der Waals surface area (Å²) in [4.78, 5) is 23.6. The first-order chi connectivity index (χ1) is 10.6. The van der Waals surface area contributed by atoms with Gasteiger partial charge in [-0.15, -0.1) is 0 Å². The predicted molar refractivity (Wildman–Crippen MR) is 75.3 cm³/mol. The van der Waals surface area contributed by atoms with Crippen LogP contribution in [0.5, 0.6) is 5.75 Å². The van der Waals surface area contributed by atoms with E-state index in [1.807, 2.05) is 0 Å². The Morgan fingerprint density at radius 2 is 1.82 bits per heavy atom. The summed E-state index contributed by atoms with van der Waals surface area (Å²) in [6.07, 6.45) is 0.733. The van der Waals surface area contributed by atoms with Gasteiger partial charge in [0.25, 0.3) is 0 Å². The second kappa shape index (κ2) is 5.96. The number of aliphatic carboxylic acids is 1. The van der Waals surface area contributed by atoms with E-state index in [0.717, 1.165) is 17.7 Å². The van der Waals surface area contributed by atoms with Gasteiger partial charge in [-0.2, -0.15) is 0 Å². The quantitative estimate of drug-likeness (QED) is 0.832. The van der Waals surface area contributed by atoms with Crippen LogP contribution in [-0.2, 0) is 25.7 Å². The SMILES string of the molecule is COc1ccc(COC(=O)C2C3CCC(O3)C2C(=O)O)cc1. The number of carbonyl (C=O) groups excluding carboxylic acids is 1. The van der Waals surface area contributed by atoms with Crippen LogP contribution in [0.25, 0.3) is 0 Å². The molecule has 2 heterocycles. The zero-order valence-corrected chi connectivity index (χ0v) is 12.2. The van der Waals surface area contributed by atoms with E-state index in [1.165, 1.54) is 0 Å². The minimum atomic E-state index is -0.987. The zero-order chi connectivity index (χ0) is 15.7. The smallest absolute Gasteiger partial charge is 0.312 e. The van der Waals surface area contributed by atoms with E-state index in [1.54, 1.807) is 31.4 Å². The van der Waals surface area contributed by atoms with Crippen LogP contribution in [0.2, 0.25) is 0 Å². The average molecular weight is 306 g/mol. The fourth-order valence-electron chi connectivity index (χ4n) is 3.26. The highest BCUT2D eigenvalue weighted by molar-refractivity contribution is 5.83. The van der Waals surface area contributed by atoms with Crippen LogP contribution < -0.4 is 4.74 Å². The molecule has 1 aromatic carbocycles. The topological polar surface area (TPSA) is 82.1 Å². The fraction of sp³-hybridized carbons (Fsp3) is 0.500. The van der Waals surface area contributed by atoms with Crippen molar-refractivity contribution in [1.82, 2.24) is 0 Å². The Hall–Kier alpha value is -2.08. The highest BCUT2D eigenvalue weighted by atomic mass is 16.5. The van der Waals surface area contributed by atoms with Crippen molar-refractivity contribution < 1.29 is 28.9 Å². The highest BCUT2D eigenvalue weighted by Crippen LogP contribution is 2.44. The number of benzene rings is 1. The van der Waals surface area contributed by atoms with Gasteiger partial charge in [0.2, 0.25) is 0 Å². The highest BCUT2D eigenvalue weighted by Gasteiger charge is 2.56. The molecule has 4 atom stereocenters. The average Bonchev–Trinajstić information content (AvgIpc) is 3.14. The molecule has 1 N–H and O–H groups in total. The van der Waals surface area contributed by atoms with Crippen molar-refractivity contribution in [2.24, 2.45) is 11.8 Å². The first-order valence-electron chi connectivity index (χ1n) is 7.28. The molecule has 2 aliphatic heterocycles. The predicted octanol–water partition coefficient (Wildman–Crippen LogP) is 1.62. The molecule has 0 saturated carbocycles. The van der Waals surface area contributed by atoms with E-state index in [2.05, 4.69) is 0 Å². The Morgan fingerprint density at radius 1 is 1.18 bits per heavy atom. The van der Waals surface area contributed by atoms with Crippen LogP contribution in [0.4, 0.5) is 0 Å². The Bertz CT molecular complexity index is 567. The van der Waals surface area contributed by atoms with Crippen molar-refractivity contribution in [3.8, 4) is 5.75 Å². The molecule has 0 aliphatic carbocycles. The van der Waals surface area contributed by atoms with Gasteiger partial charge in [-0.05, 0) is 30.5 Å². The fourth-order valence-corrected chi connectivity index (χ4v) is 3.26. The number of fused-ring (bicyclic) bond motifs is 2. The maximum Gasteiger partial charge on any atom is 0.312 e. The largest absolute Gasteiger partial charge is 0.497 e. The number of esters is 1. The third-order valence-electron chi connectivity index (χ3n) is 4.37. The van der Waals surface area contributed by atoms with Crippen LogP contribution in [0.3, 0.4) is 0 Å². The Kier molecular flexibility index (Phi) is 4.02. The summed E-state index contributed by atoms with van der Waals surface area (Å²) < 4.78 is 15.9. The first kappa shape index (κ1) is 14.8.